The third-order valence-corrected chi connectivity index (χ3v) is 1.57. The number of carboxylic acids is 1. The van der Waals surface area contributed by atoms with Gasteiger partial charge in [-0.25, -0.2) is 14.8 Å². The molecule has 64 valence electrons. The van der Waals surface area contributed by atoms with E-state index in [1.165, 1.54) is 0 Å². The Kier molecular flexibility index (Phi) is 2.38. The molecule has 1 heterocycles. The lowest BCUT2D eigenvalue weighted by Gasteiger charge is -2.01. The van der Waals surface area contributed by atoms with Crippen LogP contribution >= 0.6 is 0 Å². The first-order valence-corrected chi connectivity index (χ1v) is 3.71. The van der Waals surface area contributed by atoms with Crippen LogP contribution in [0.4, 0.5) is 0 Å². The summed E-state index contributed by atoms with van der Waals surface area (Å²) in [5, 5.41) is 8.73. The van der Waals surface area contributed by atoms with Gasteiger partial charge in [0.2, 0.25) is 0 Å². The molecule has 0 fully saturated rings. The molecule has 0 saturated heterocycles. The van der Waals surface area contributed by atoms with Crippen LogP contribution in [-0.4, -0.2) is 21.0 Å². The van der Waals surface area contributed by atoms with E-state index in [-0.39, 0.29) is 5.69 Å². The molecule has 0 aliphatic rings. The third kappa shape index (κ3) is 1.58. The Labute approximate surface area is 70.3 Å². The van der Waals surface area contributed by atoms with Gasteiger partial charge in [0.25, 0.3) is 0 Å². The predicted molar refractivity (Wildman–Crippen MR) is 43.1 cm³/mol. The van der Waals surface area contributed by atoms with Gasteiger partial charge in [0.05, 0.1) is 0 Å². The molecule has 12 heavy (non-hydrogen) atoms. The number of hydrogen-bond acceptors (Lipinski definition) is 3. The van der Waals surface area contributed by atoms with Gasteiger partial charge in [-0.2, -0.15) is 0 Å². The first-order valence-electron chi connectivity index (χ1n) is 3.71. The molecule has 0 radical (unpaired) electrons. The number of carbonyl (C=O) groups is 1. The molecule has 0 spiro atoms. The van der Waals surface area contributed by atoms with Crippen molar-refractivity contribution in [1.82, 2.24) is 9.97 Å². The zero-order chi connectivity index (χ0) is 9.14. The minimum Gasteiger partial charge on any atom is -0.477 e. The van der Waals surface area contributed by atoms with Gasteiger partial charge in [-0.05, 0) is 13.3 Å². The zero-order valence-corrected chi connectivity index (χ0v) is 7.03. The molecular formula is C8H10N2O2. The maximum absolute atomic E-state index is 10.6. The van der Waals surface area contributed by atoms with Crippen LogP contribution in [0.5, 0.6) is 0 Å². The van der Waals surface area contributed by atoms with Crippen molar-refractivity contribution >= 4 is 5.97 Å². The molecule has 0 aliphatic heterocycles. The topological polar surface area (TPSA) is 63.1 Å². The standard InChI is InChI=1S/C8H10N2O2/c1-3-6-4-9-5(2)10-7(6)8(11)12/h4H,3H2,1-2H3,(H,11,12). The van der Waals surface area contributed by atoms with E-state index >= 15 is 0 Å². The Balaban J connectivity index is 3.21. The summed E-state index contributed by atoms with van der Waals surface area (Å²) in [4.78, 5) is 18.4. The number of nitrogens with zero attached hydrogens (tertiary/aromatic N) is 2. The van der Waals surface area contributed by atoms with Crippen LogP contribution in [0, 0.1) is 6.92 Å². The molecule has 1 N–H and O–H groups in total. The fourth-order valence-corrected chi connectivity index (χ4v) is 0.939. The summed E-state index contributed by atoms with van der Waals surface area (Å²) < 4.78 is 0. The van der Waals surface area contributed by atoms with Crippen LogP contribution < -0.4 is 0 Å². The summed E-state index contributed by atoms with van der Waals surface area (Å²) in [6.07, 6.45) is 2.20. The predicted octanol–water partition coefficient (Wildman–Crippen LogP) is 1.05. The van der Waals surface area contributed by atoms with Gasteiger partial charge in [-0.15, -0.1) is 0 Å². The first-order chi connectivity index (χ1) is 5.65. The third-order valence-electron chi connectivity index (χ3n) is 1.57. The highest BCUT2D eigenvalue weighted by atomic mass is 16.4. The van der Waals surface area contributed by atoms with Gasteiger partial charge in [-0.3, -0.25) is 0 Å². The minimum atomic E-state index is -0.989. The maximum atomic E-state index is 10.6. The molecular weight excluding hydrogens is 156 g/mol. The van der Waals surface area contributed by atoms with Gasteiger partial charge in [0.15, 0.2) is 5.69 Å². The quantitative estimate of drug-likeness (QED) is 0.713. The van der Waals surface area contributed by atoms with Crippen molar-refractivity contribution < 1.29 is 9.90 Å². The highest BCUT2D eigenvalue weighted by Gasteiger charge is 2.10. The molecule has 0 amide bonds. The summed E-state index contributed by atoms with van der Waals surface area (Å²) in [5.74, 6) is -0.498. The van der Waals surface area contributed by atoms with Crippen LogP contribution in [-0.2, 0) is 6.42 Å². The van der Waals surface area contributed by atoms with Crippen molar-refractivity contribution in [1.29, 1.82) is 0 Å². The van der Waals surface area contributed by atoms with Crippen LogP contribution in [0.2, 0.25) is 0 Å². The van der Waals surface area contributed by atoms with E-state index in [0.29, 0.717) is 17.8 Å². The Morgan fingerprint density at radius 3 is 2.83 bits per heavy atom. The zero-order valence-electron chi connectivity index (χ0n) is 7.03. The fourth-order valence-electron chi connectivity index (χ4n) is 0.939. The van der Waals surface area contributed by atoms with Gasteiger partial charge < -0.3 is 5.11 Å². The average Bonchev–Trinajstić information content (AvgIpc) is 2.04. The summed E-state index contributed by atoms with van der Waals surface area (Å²) >= 11 is 0. The van der Waals surface area contributed by atoms with Crippen molar-refractivity contribution in [3.05, 3.63) is 23.3 Å². The molecule has 0 bridgehead atoms. The Bertz CT molecular complexity index is 310. The lowest BCUT2D eigenvalue weighted by molar-refractivity contribution is 0.0688. The van der Waals surface area contributed by atoms with Crippen molar-refractivity contribution in [3.63, 3.8) is 0 Å². The van der Waals surface area contributed by atoms with Gasteiger partial charge >= 0.3 is 5.97 Å². The molecule has 0 unspecified atom stereocenters. The van der Waals surface area contributed by atoms with Crippen LogP contribution in [0.3, 0.4) is 0 Å². The number of hydrogen-bond donors (Lipinski definition) is 1. The number of carboxylic acid groups (broad SMARTS) is 1. The molecule has 4 nitrogen and oxygen atoms in total. The summed E-state index contributed by atoms with van der Waals surface area (Å²) in [6, 6.07) is 0. The highest BCUT2D eigenvalue weighted by Crippen LogP contribution is 2.05. The molecule has 1 aromatic rings. The van der Waals surface area contributed by atoms with Gasteiger partial charge in [0.1, 0.15) is 5.82 Å². The van der Waals surface area contributed by atoms with E-state index in [4.69, 9.17) is 5.11 Å². The van der Waals surface area contributed by atoms with Crippen molar-refractivity contribution in [2.24, 2.45) is 0 Å². The van der Waals surface area contributed by atoms with E-state index < -0.39 is 5.97 Å². The van der Waals surface area contributed by atoms with Crippen LogP contribution in [0.15, 0.2) is 6.20 Å². The molecule has 0 atom stereocenters. The smallest absolute Gasteiger partial charge is 0.354 e. The van der Waals surface area contributed by atoms with E-state index in [1.807, 2.05) is 6.92 Å². The second kappa shape index (κ2) is 3.30. The average molecular weight is 166 g/mol. The summed E-state index contributed by atoms with van der Waals surface area (Å²) in [7, 11) is 0. The van der Waals surface area contributed by atoms with Gasteiger partial charge in [-0.1, -0.05) is 6.92 Å². The molecule has 1 rings (SSSR count). The molecule has 1 aromatic heterocycles. The lowest BCUT2D eigenvalue weighted by Crippen LogP contribution is -2.07. The fraction of sp³-hybridized carbons (Fsp3) is 0.375. The Morgan fingerprint density at radius 2 is 2.33 bits per heavy atom. The highest BCUT2D eigenvalue weighted by molar-refractivity contribution is 5.86. The SMILES string of the molecule is CCc1cnc(C)nc1C(=O)O. The molecule has 0 aromatic carbocycles. The lowest BCUT2D eigenvalue weighted by atomic mass is 10.2. The van der Waals surface area contributed by atoms with Crippen molar-refractivity contribution in [3.8, 4) is 0 Å². The normalized spacial score (nSPS) is 9.83. The second-order valence-corrected chi connectivity index (χ2v) is 2.45. The first kappa shape index (κ1) is 8.64. The number of rotatable bonds is 2. The van der Waals surface area contributed by atoms with Gasteiger partial charge in [0, 0.05) is 11.8 Å². The monoisotopic (exact) mass is 166 g/mol. The van der Waals surface area contributed by atoms with E-state index in [1.54, 1.807) is 13.1 Å². The largest absolute Gasteiger partial charge is 0.477 e. The number of aromatic nitrogens is 2. The Morgan fingerprint density at radius 1 is 1.67 bits per heavy atom. The van der Waals surface area contributed by atoms with Crippen LogP contribution in [0.25, 0.3) is 0 Å². The molecule has 4 heteroatoms. The van der Waals surface area contributed by atoms with Crippen molar-refractivity contribution in [2.75, 3.05) is 0 Å². The number of aryl methyl sites for hydroxylation is 2. The summed E-state index contributed by atoms with van der Waals surface area (Å²) in [6.45, 7) is 3.55. The molecule has 0 aliphatic carbocycles. The summed E-state index contributed by atoms with van der Waals surface area (Å²) in [5.41, 5.74) is 0.790. The van der Waals surface area contributed by atoms with E-state index in [2.05, 4.69) is 9.97 Å². The van der Waals surface area contributed by atoms with Crippen LogP contribution in [0.1, 0.15) is 28.8 Å². The van der Waals surface area contributed by atoms with E-state index in [9.17, 15) is 4.79 Å². The minimum absolute atomic E-state index is 0.116. The van der Waals surface area contributed by atoms with E-state index in [0.717, 1.165) is 0 Å². The second-order valence-electron chi connectivity index (χ2n) is 2.45. The Hall–Kier alpha value is -1.45. The van der Waals surface area contributed by atoms with Crippen molar-refractivity contribution in [2.45, 2.75) is 20.3 Å². The number of aromatic carboxylic acids is 1. The molecule has 0 saturated carbocycles. The maximum Gasteiger partial charge on any atom is 0.354 e.